The molecule has 0 atom stereocenters. The number of carbonyl (C=O) groups is 1. The summed E-state index contributed by atoms with van der Waals surface area (Å²) in [5, 5.41) is 15.1. The lowest BCUT2D eigenvalue weighted by molar-refractivity contribution is -0.384. The van der Waals surface area contributed by atoms with Crippen LogP contribution in [0.4, 0.5) is 11.4 Å². The average Bonchev–Trinajstić information content (AvgIpc) is 3.24. The number of rotatable bonds is 4. The van der Waals surface area contributed by atoms with Crippen LogP contribution in [0, 0.1) is 10.1 Å². The van der Waals surface area contributed by atoms with Crippen LogP contribution >= 0.6 is 0 Å². The Bertz CT molecular complexity index is 977. The van der Waals surface area contributed by atoms with Gasteiger partial charge < -0.3 is 9.80 Å². The summed E-state index contributed by atoms with van der Waals surface area (Å²) in [4.78, 5) is 27.1. The molecule has 28 heavy (non-hydrogen) atoms. The molecule has 0 aliphatic carbocycles. The van der Waals surface area contributed by atoms with Gasteiger partial charge in [-0.05, 0) is 24.3 Å². The summed E-state index contributed by atoms with van der Waals surface area (Å²) in [7, 11) is 0. The topological polar surface area (TPSA) is 84.5 Å². The van der Waals surface area contributed by atoms with E-state index in [0.717, 1.165) is 11.4 Å². The number of hydrogen-bond donors (Lipinski definition) is 0. The molecule has 1 aliphatic heterocycles. The van der Waals surface area contributed by atoms with Crippen molar-refractivity contribution in [3.8, 4) is 5.69 Å². The van der Waals surface area contributed by atoms with E-state index in [1.54, 1.807) is 29.2 Å². The number of benzene rings is 2. The monoisotopic (exact) mass is 377 g/mol. The van der Waals surface area contributed by atoms with Gasteiger partial charge in [-0.1, -0.05) is 18.2 Å². The van der Waals surface area contributed by atoms with E-state index in [4.69, 9.17) is 0 Å². The third-order valence-electron chi connectivity index (χ3n) is 4.84. The van der Waals surface area contributed by atoms with Crippen LogP contribution in [0.2, 0.25) is 0 Å². The fourth-order valence-electron chi connectivity index (χ4n) is 3.29. The molecule has 0 saturated carbocycles. The number of hydrogen-bond acceptors (Lipinski definition) is 5. The lowest BCUT2D eigenvalue weighted by Gasteiger charge is -2.35. The Balaban J connectivity index is 1.39. The molecule has 0 spiro atoms. The molecule has 0 unspecified atom stereocenters. The van der Waals surface area contributed by atoms with E-state index in [0.29, 0.717) is 31.7 Å². The molecule has 1 aromatic heterocycles. The van der Waals surface area contributed by atoms with Gasteiger partial charge in [0.05, 0.1) is 22.4 Å². The van der Waals surface area contributed by atoms with Gasteiger partial charge in [0, 0.05) is 50.2 Å². The highest BCUT2D eigenvalue weighted by atomic mass is 16.6. The first-order valence-corrected chi connectivity index (χ1v) is 9.00. The zero-order valence-corrected chi connectivity index (χ0v) is 15.1. The Kier molecular flexibility index (Phi) is 4.76. The van der Waals surface area contributed by atoms with Crippen molar-refractivity contribution in [2.75, 3.05) is 31.1 Å². The highest BCUT2D eigenvalue weighted by Gasteiger charge is 2.23. The predicted octanol–water partition coefficient (Wildman–Crippen LogP) is 2.74. The minimum atomic E-state index is -0.407. The summed E-state index contributed by atoms with van der Waals surface area (Å²) in [5.41, 5.74) is 2.47. The number of aromatic nitrogens is 2. The van der Waals surface area contributed by atoms with E-state index in [2.05, 4.69) is 10.00 Å². The van der Waals surface area contributed by atoms with Crippen LogP contribution in [-0.4, -0.2) is 51.7 Å². The molecule has 4 rings (SSSR count). The van der Waals surface area contributed by atoms with Crippen LogP contribution in [0.1, 0.15) is 10.4 Å². The summed E-state index contributed by atoms with van der Waals surface area (Å²) >= 11 is 0. The number of para-hydroxylation sites is 1. The first-order valence-electron chi connectivity index (χ1n) is 9.00. The fourth-order valence-corrected chi connectivity index (χ4v) is 3.29. The SMILES string of the molecule is O=C(c1cnn(-c2ccccc2)c1)N1CCN(c2ccc([N+](=O)[O-])cc2)CC1. The van der Waals surface area contributed by atoms with Crippen LogP contribution in [0.15, 0.2) is 67.0 Å². The number of piperazine rings is 1. The fraction of sp³-hybridized carbons (Fsp3) is 0.200. The molecule has 0 N–H and O–H groups in total. The van der Waals surface area contributed by atoms with Crippen molar-refractivity contribution in [3.05, 3.63) is 82.7 Å². The first-order chi connectivity index (χ1) is 13.6. The zero-order valence-electron chi connectivity index (χ0n) is 15.1. The van der Waals surface area contributed by atoms with Gasteiger partial charge in [0.2, 0.25) is 0 Å². The third-order valence-corrected chi connectivity index (χ3v) is 4.84. The van der Waals surface area contributed by atoms with Crippen molar-refractivity contribution in [2.24, 2.45) is 0 Å². The maximum atomic E-state index is 12.8. The maximum Gasteiger partial charge on any atom is 0.269 e. The van der Waals surface area contributed by atoms with Gasteiger partial charge in [0.25, 0.3) is 11.6 Å². The van der Waals surface area contributed by atoms with Crippen molar-refractivity contribution in [1.29, 1.82) is 0 Å². The van der Waals surface area contributed by atoms with Gasteiger partial charge in [0.15, 0.2) is 0 Å². The van der Waals surface area contributed by atoms with Gasteiger partial charge >= 0.3 is 0 Å². The highest BCUT2D eigenvalue weighted by Crippen LogP contribution is 2.21. The summed E-state index contributed by atoms with van der Waals surface area (Å²) in [6.07, 6.45) is 3.35. The Morgan fingerprint density at radius 3 is 2.25 bits per heavy atom. The van der Waals surface area contributed by atoms with E-state index in [1.165, 1.54) is 12.1 Å². The van der Waals surface area contributed by atoms with Gasteiger partial charge in [0.1, 0.15) is 0 Å². The largest absolute Gasteiger partial charge is 0.368 e. The summed E-state index contributed by atoms with van der Waals surface area (Å²) < 4.78 is 1.69. The molecule has 1 aliphatic rings. The molecule has 3 aromatic rings. The van der Waals surface area contributed by atoms with Crippen molar-refractivity contribution in [1.82, 2.24) is 14.7 Å². The molecule has 1 amide bonds. The summed E-state index contributed by atoms with van der Waals surface area (Å²) in [5.74, 6) is -0.0365. The predicted molar refractivity (Wildman–Crippen MR) is 105 cm³/mol. The van der Waals surface area contributed by atoms with Crippen molar-refractivity contribution >= 4 is 17.3 Å². The molecule has 1 fully saturated rings. The number of nitrogens with zero attached hydrogens (tertiary/aromatic N) is 5. The van der Waals surface area contributed by atoms with Crippen LogP contribution < -0.4 is 4.90 Å². The van der Waals surface area contributed by atoms with Gasteiger partial charge in [-0.25, -0.2) is 4.68 Å². The Morgan fingerprint density at radius 1 is 0.929 bits per heavy atom. The standard InChI is InChI=1S/C20H19N5O3/c26-20(16-14-21-24(15-16)18-4-2-1-3-5-18)23-12-10-22(11-13-23)17-6-8-19(9-7-17)25(27)28/h1-9,14-15H,10-13H2. The second-order valence-corrected chi connectivity index (χ2v) is 6.56. The lowest BCUT2D eigenvalue weighted by atomic mass is 10.2. The minimum Gasteiger partial charge on any atom is -0.368 e. The number of nitro benzene ring substituents is 1. The zero-order chi connectivity index (χ0) is 19.5. The van der Waals surface area contributed by atoms with Gasteiger partial charge in [-0.15, -0.1) is 0 Å². The van der Waals surface area contributed by atoms with Crippen LogP contribution in [0.5, 0.6) is 0 Å². The number of non-ortho nitro benzene ring substituents is 1. The number of carbonyl (C=O) groups excluding carboxylic acids is 1. The van der Waals surface area contributed by atoms with E-state index in [-0.39, 0.29) is 11.6 Å². The number of anilines is 1. The Labute approximate surface area is 161 Å². The first kappa shape index (κ1) is 17.7. The quantitative estimate of drug-likeness (QED) is 0.516. The van der Waals surface area contributed by atoms with Crippen LogP contribution in [-0.2, 0) is 0 Å². The number of nitro groups is 1. The van der Waals surface area contributed by atoms with Crippen LogP contribution in [0.3, 0.4) is 0 Å². The summed E-state index contributed by atoms with van der Waals surface area (Å²) in [6.45, 7) is 2.53. The van der Waals surface area contributed by atoms with Gasteiger partial charge in [-0.2, -0.15) is 5.10 Å². The third kappa shape index (κ3) is 3.57. The van der Waals surface area contributed by atoms with E-state index in [9.17, 15) is 14.9 Å². The second kappa shape index (κ2) is 7.51. The molecule has 142 valence electrons. The molecular weight excluding hydrogens is 358 g/mol. The normalized spacial score (nSPS) is 14.1. The van der Waals surface area contributed by atoms with Gasteiger partial charge in [-0.3, -0.25) is 14.9 Å². The van der Waals surface area contributed by atoms with E-state index < -0.39 is 4.92 Å². The molecule has 0 radical (unpaired) electrons. The molecule has 0 bridgehead atoms. The van der Waals surface area contributed by atoms with Crippen molar-refractivity contribution in [3.63, 3.8) is 0 Å². The van der Waals surface area contributed by atoms with Crippen molar-refractivity contribution in [2.45, 2.75) is 0 Å². The Hall–Kier alpha value is -3.68. The minimum absolute atomic E-state index is 0.0365. The van der Waals surface area contributed by atoms with Crippen LogP contribution in [0.25, 0.3) is 5.69 Å². The molecule has 8 heteroatoms. The molecule has 2 heterocycles. The van der Waals surface area contributed by atoms with Crippen molar-refractivity contribution < 1.29 is 9.72 Å². The maximum absolute atomic E-state index is 12.8. The highest BCUT2D eigenvalue weighted by molar-refractivity contribution is 5.94. The lowest BCUT2D eigenvalue weighted by Crippen LogP contribution is -2.48. The number of amides is 1. The smallest absolute Gasteiger partial charge is 0.269 e. The van der Waals surface area contributed by atoms with E-state index >= 15 is 0 Å². The average molecular weight is 377 g/mol. The Morgan fingerprint density at radius 2 is 1.61 bits per heavy atom. The van der Waals surface area contributed by atoms with E-state index in [1.807, 2.05) is 35.2 Å². The molecule has 2 aromatic carbocycles. The second-order valence-electron chi connectivity index (χ2n) is 6.56. The molecular formula is C20H19N5O3. The molecule has 8 nitrogen and oxygen atoms in total. The molecule has 1 saturated heterocycles. The summed E-state index contributed by atoms with van der Waals surface area (Å²) in [6, 6.07) is 16.2.